The molecule has 2 rings (SSSR count). The van der Waals surface area contributed by atoms with E-state index in [1.807, 2.05) is 18.4 Å². The van der Waals surface area contributed by atoms with Gasteiger partial charge < -0.3 is 0 Å². The van der Waals surface area contributed by atoms with E-state index in [1.165, 1.54) is 4.88 Å². The van der Waals surface area contributed by atoms with Gasteiger partial charge in [-0.1, -0.05) is 17.7 Å². The van der Waals surface area contributed by atoms with Gasteiger partial charge >= 0.3 is 0 Å². The van der Waals surface area contributed by atoms with Crippen molar-refractivity contribution < 1.29 is 4.79 Å². The Bertz CT molecular complexity index is 502. The number of hydrogen-bond acceptors (Lipinski definition) is 2. The molecule has 1 heterocycles. The average Bonchev–Trinajstić information content (AvgIpc) is 2.64. The fourth-order valence-corrected chi connectivity index (χ4v) is 2.36. The van der Waals surface area contributed by atoms with Crippen molar-refractivity contribution in [3.05, 3.63) is 45.1 Å². The van der Waals surface area contributed by atoms with Gasteiger partial charge in [-0.25, -0.2) is 0 Å². The van der Waals surface area contributed by atoms with Crippen LogP contribution in [0.5, 0.6) is 0 Å². The lowest BCUT2D eigenvalue weighted by Gasteiger charge is -2.02. The van der Waals surface area contributed by atoms with Gasteiger partial charge in [-0.3, -0.25) is 4.79 Å². The van der Waals surface area contributed by atoms with E-state index in [9.17, 15) is 4.79 Å². The number of carbonyl (C=O) groups is 1. The lowest BCUT2D eigenvalue weighted by molar-refractivity contribution is 0.112. The van der Waals surface area contributed by atoms with Gasteiger partial charge in [0.2, 0.25) is 0 Å². The third-order valence-corrected chi connectivity index (χ3v) is 3.28. The van der Waals surface area contributed by atoms with Crippen LogP contribution in [0.25, 0.3) is 11.1 Å². The molecular formula is C12H9ClOS. The zero-order valence-electron chi connectivity index (χ0n) is 8.16. The Kier molecular flexibility index (Phi) is 2.89. The first-order chi connectivity index (χ1) is 7.20. The van der Waals surface area contributed by atoms with Crippen molar-refractivity contribution >= 4 is 29.2 Å². The molecular weight excluding hydrogens is 228 g/mol. The fraction of sp³-hybridized carbons (Fsp3) is 0.0833. The molecule has 0 spiro atoms. The number of rotatable bonds is 2. The molecule has 76 valence electrons. The minimum Gasteiger partial charge on any atom is -0.298 e. The van der Waals surface area contributed by atoms with Gasteiger partial charge in [0.15, 0.2) is 6.29 Å². The van der Waals surface area contributed by atoms with E-state index in [0.29, 0.717) is 10.6 Å². The molecule has 1 aromatic carbocycles. The second-order valence-corrected chi connectivity index (χ2v) is 4.85. The summed E-state index contributed by atoms with van der Waals surface area (Å²) in [6, 6.07) is 7.45. The summed E-state index contributed by atoms with van der Waals surface area (Å²) in [5, 5.41) is 2.64. The Balaban J connectivity index is 2.57. The second-order valence-electron chi connectivity index (χ2n) is 3.30. The number of aryl methyl sites for hydroxylation is 1. The highest BCUT2D eigenvalue weighted by Gasteiger charge is 2.06. The van der Waals surface area contributed by atoms with Gasteiger partial charge in [-0.2, -0.15) is 0 Å². The van der Waals surface area contributed by atoms with Crippen molar-refractivity contribution in [2.45, 2.75) is 6.92 Å². The van der Waals surface area contributed by atoms with Crippen molar-refractivity contribution in [1.29, 1.82) is 0 Å². The van der Waals surface area contributed by atoms with Crippen LogP contribution in [0, 0.1) is 6.92 Å². The number of aldehydes is 1. The maximum atomic E-state index is 10.9. The van der Waals surface area contributed by atoms with Gasteiger partial charge in [0.1, 0.15) is 0 Å². The Labute approximate surface area is 97.3 Å². The van der Waals surface area contributed by atoms with E-state index in [-0.39, 0.29) is 0 Å². The third kappa shape index (κ3) is 2.11. The summed E-state index contributed by atoms with van der Waals surface area (Å²) in [5.74, 6) is 0. The molecule has 0 amide bonds. The first kappa shape index (κ1) is 10.4. The first-order valence-corrected chi connectivity index (χ1v) is 5.76. The van der Waals surface area contributed by atoms with Gasteiger partial charge in [-0.05, 0) is 41.6 Å². The monoisotopic (exact) mass is 236 g/mol. The summed E-state index contributed by atoms with van der Waals surface area (Å²) in [4.78, 5) is 12.1. The Hall–Kier alpha value is -1.12. The summed E-state index contributed by atoms with van der Waals surface area (Å²) in [6.45, 7) is 2.05. The number of halogens is 1. The normalized spacial score (nSPS) is 10.3. The Morgan fingerprint density at radius 3 is 2.73 bits per heavy atom. The van der Waals surface area contributed by atoms with E-state index in [4.69, 9.17) is 11.6 Å². The van der Waals surface area contributed by atoms with Crippen LogP contribution in [0.15, 0.2) is 29.6 Å². The maximum absolute atomic E-state index is 10.9. The molecule has 0 saturated heterocycles. The highest BCUT2D eigenvalue weighted by molar-refractivity contribution is 7.10. The van der Waals surface area contributed by atoms with Crippen LogP contribution in [0.3, 0.4) is 0 Å². The highest BCUT2D eigenvalue weighted by atomic mass is 35.5. The third-order valence-electron chi connectivity index (χ3n) is 2.18. The van der Waals surface area contributed by atoms with E-state index in [1.54, 1.807) is 23.5 Å². The van der Waals surface area contributed by atoms with Crippen molar-refractivity contribution in [3.8, 4) is 11.1 Å². The predicted octanol–water partition coefficient (Wildman–Crippen LogP) is 4.19. The van der Waals surface area contributed by atoms with Crippen molar-refractivity contribution in [1.82, 2.24) is 0 Å². The first-order valence-electron chi connectivity index (χ1n) is 4.51. The van der Waals surface area contributed by atoms with Crippen LogP contribution in [0.2, 0.25) is 5.02 Å². The molecule has 0 N–H and O–H groups in total. The minimum absolute atomic E-state index is 0.591. The minimum atomic E-state index is 0.591. The summed E-state index contributed by atoms with van der Waals surface area (Å²) in [6.07, 6.45) is 0.841. The molecule has 1 nitrogen and oxygen atoms in total. The SMILES string of the molecule is Cc1cc(-c2ccc(Cl)cc2C=O)cs1. The van der Waals surface area contributed by atoms with Crippen molar-refractivity contribution in [2.24, 2.45) is 0 Å². The highest BCUT2D eigenvalue weighted by Crippen LogP contribution is 2.29. The summed E-state index contributed by atoms with van der Waals surface area (Å²) in [5.41, 5.74) is 2.66. The zero-order valence-corrected chi connectivity index (χ0v) is 9.73. The van der Waals surface area contributed by atoms with E-state index in [2.05, 4.69) is 6.07 Å². The van der Waals surface area contributed by atoms with Crippen LogP contribution in [0.1, 0.15) is 15.2 Å². The van der Waals surface area contributed by atoms with E-state index in [0.717, 1.165) is 17.4 Å². The molecule has 15 heavy (non-hydrogen) atoms. The molecule has 0 fully saturated rings. The number of thiophene rings is 1. The molecule has 0 aliphatic rings. The zero-order chi connectivity index (χ0) is 10.8. The number of hydrogen-bond donors (Lipinski definition) is 0. The van der Waals surface area contributed by atoms with E-state index >= 15 is 0 Å². The van der Waals surface area contributed by atoms with Crippen LogP contribution in [0.4, 0.5) is 0 Å². The lowest BCUT2D eigenvalue weighted by Crippen LogP contribution is -1.85. The fourth-order valence-electron chi connectivity index (χ4n) is 1.48. The van der Waals surface area contributed by atoms with Gasteiger partial charge in [0, 0.05) is 15.5 Å². The number of benzene rings is 1. The Morgan fingerprint density at radius 1 is 1.33 bits per heavy atom. The van der Waals surface area contributed by atoms with Gasteiger partial charge in [-0.15, -0.1) is 11.3 Å². The molecule has 0 aliphatic heterocycles. The van der Waals surface area contributed by atoms with Gasteiger partial charge in [0.05, 0.1) is 0 Å². The molecule has 1 aromatic heterocycles. The van der Waals surface area contributed by atoms with Crippen molar-refractivity contribution in [2.75, 3.05) is 0 Å². The quantitative estimate of drug-likeness (QED) is 0.715. The van der Waals surface area contributed by atoms with Gasteiger partial charge in [0.25, 0.3) is 0 Å². The second kappa shape index (κ2) is 4.17. The predicted molar refractivity (Wildman–Crippen MR) is 64.9 cm³/mol. The van der Waals surface area contributed by atoms with Crippen LogP contribution in [-0.4, -0.2) is 6.29 Å². The molecule has 0 atom stereocenters. The maximum Gasteiger partial charge on any atom is 0.150 e. The molecule has 3 heteroatoms. The standard InChI is InChI=1S/C12H9ClOS/c1-8-4-10(7-15-8)12-3-2-11(13)5-9(12)6-14/h2-7H,1H3. The lowest BCUT2D eigenvalue weighted by atomic mass is 10.0. The molecule has 2 aromatic rings. The molecule has 0 bridgehead atoms. The van der Waals surface area contributed by atoms with Crippen LogP contribution >= 0.6 is 22.9 Å². The van der Waals surface area contributed by atoms with Crippen LogP contribution < -0.4 is 0 Å². The smallest absolute Gasteiger partial charge is 0.150 e. The molecule has 0 aliphatic carbocycles. The van der Waals surface area contributed by atoms with Crippen molar-refractivity contribution in [3.63, 3.8) is 0 Å². The molecule has 0 saturated carbocycles. The topological polar surface area (TPSA) is 17.1 Å². The summed E-state index contributed by atoms with van der Waals surface area (Å²) < 4.78 is 0. The largest absolute Gasteiger partial charge is 0.298 e. The summed E-state index contributed by atoms with van der Waals surface area (Å²) >= 11 is 7.51. The molecule has 0 radical (unpaired) electrons. The van der Waals surface area contributed by atoms with Crippen LogP contribution in [-0.2, 0) is 0 Å². The Morgan fingerprint density at radius 2 is 2.13 bits per heavy atom. The van der Waals surface area contributed by atoms with E-state index < -0.39 is 0 Å². The number of carbonyl (C=O) groups excluding carboxylic acids is 1. The average molecular weight is 237 g/mol. The molecule has 0 unspecified atom stereocenters. The summed E-state index contributed by atoms with van der Waals surface area (Å²) in [7, 11) is 0.